The fourth-order valence-electron chi connectivity index (χ4n) is 1.53. The second-order valence-electron chi connectivity index (χ2n) is 4.58. The van der Waals surface area contributed by atoms with Gasteiger partial charge in [0.1, 0.15) is 6.10 Å². The first-order valence-electron chi connectivity index (χ1n) is 5.92. The molecule has 0 radical (unpaired) electrons. The summed E-state index contributed by atoms with van der Waals surface area (Å²) in [7, 11) is -3.28. The van der Waals surface area contributed by atoms with Crippen molar-refractivity contribution in [1.82, 2.24) is 4.72 Å². The van der Waals surface area contributed by atoms with E-state index >= 15 is 0 Å². The van der Waals surface area contributed by atoms with Crippen molar-refractivity contribution in [1.29, 1.82) is 0 Å². The number of carbonyl (C=O) groups is 1. The molecule has 0 bridgehead atoms. The number of esters is 1. The molecule has 1 rings (SSSR count). The van der Waals surface area contributed by atoms with Gasteiger partial charge in [0, 0.05) is 6.54 Å². The number of hydrogen-bond donors (Lipinski definition) is 1. The Hall–Kier alpha value is -1.40. The van der Waals surface area contributed by atoms with Crippen LogP contribution in [0.1, 0.15) is 28.4 Å². The van der Waals surface area contributed by atoms with Crippen LogP contribution in [0.5, 0.6) is 0 Å². The van der Waals surface area contributed by atoms with Crippen LogP contribution in [-0.4, -0.2) is 33.3 Å². The Labute approximate surface area is 114 Å². The summed E-state index contributed by atoms with van der Waals surface area (Å²) in [5.41, 5.74) is 2.39. The molecule has 1 aromatic rings. The van der Waals surface area contributed by atoms with E-state index in [-0.39, 0.29) is 6.54 Å². The number of nitrogens with one attached hydrogen (secondary N) is 1. The van der Waals surface area contributed by atoms with Gasteiger partial charge < -0.3 is 4.74 Å². The Morgan fingerprint density at radius 3 is 2.58 bits per heavy atom. The fraction of sp³-hybridized carbons (Fsp3) is 0.462. The Bertz CT molecular complexity index is 566. The maximum Gasteiger partial charge on any atom is 0.338 e. The van der Waals surface area contributed by atoms with Gasteiger partial charge in [-0.3, -0.25) is 0 Å². The number of rotatable bonds is 5. The molecule has 0 saturated heterocycles. The first-order valence-corrected chi connectivity index (χ1v) is 7.81. The zero-order valence-corrected chi connectivity index (χ0v) is 12.4. The number of ether oxygens (including phenoxy) is 1. The van der Waals surface area contributed by atoms with Gasteiger partial charge in [-0.25, -0.2) is 17.9 Å². The molecule has 0 amide bonds. The van der Waals surface area contributed by atoms with Crippen molar-refractivity contribution >= 4 is 16.0 Å². The van der Waals surface area contributed by atoms with Gasteiger partial charge in [-0.2, -0.15) is 0 Å². The molecule has 0 saturated carbocycles. The van der Waals surface area contributed by atoms with Gasteiger partial charge >= 0.3 is 5.97 Å². The van der Waals surface area contributed by atoms with Crippen molar-refractivity contribution in [3.8, 4) is 0 Å². The summed E-state index contributed by atoms with van der Waals surface area (Å²) in [6.07, 6.45) is 0.536. The molecule has 1 unspecified atom stereocenters. The lowest BCUT2D eigenvalue weighted by atomic mass is 10.0. The molecular formula is C13H19NO4S. The van der Waals surface area contributed by atoms with E-state index in [9.17, 15) is 13.2 Å². The van der Waals surface area contributed by atoms with E-state index in [4.69, 9.17) is 4.74 Å². The first-order chi connectivity index (χ1) is 8.70. The highest BCUT2D eigenvalue weighted by molar-refractivity contribution is 7.88. The van der Waals surface area contributed by atoms with Crippen LogP contribution in [0.4, 0.5) is 0 Å². The van der Waals surface area contributed by atoms with Crippen LogP contribution in [0.15, 0.2) is 18.2 Å². The molecular weight excluding hydrogens is 266 g/mol. The standard InChI is InChI=1S/C13H19NO4S/c1-9-6-5-7-12(11(9)3)13(15)18-10(2)8-14-19(4,16)17/h5-7,10,14H,8H2,1-4H3. The Morgan fingerprint density at radius 1 is 1.37 bits per heavy atom. The van der Waals surface area contributed by atoms with Crippen LogP contribution in [-0.2, 0) is 14.8 Å². The van der Waals surface area contributed by atoms with Gasteiger partial charge in [0.05, 0.1) is 11.8 Å². The Kier molecular flexibility index (Phi) is 5.08. The normalized spacial score (nSPS) is 13.1. The lowest BCUT2D eigenvalue weighted by molar-refractivity contribution is 0.0351. The molecule has 0 heterocycles. The molecule has 0 aliphatic rings. The Balaban J connectivity index is 2.67. The second kappa shape index (κ2) is 6.16. The summed E-state index contributed by atoms with van der Waals surface area (Å²) < 4.78 is 29.4. The Morgan fingerprint density at radius 2 is 2.00 bits per heavy atom. The topological polar surface area (TPSA) is 72.5 Å². The molecule has 0 fully saturated rings. The minimum atomic E-state index is -3.28. The van der Waals surface area contributed by atoms with E-state index in [1.165, 1.54) is 0 Å². The molecule has 1 N–H and O–H groups in total. The number of carbonyl (C=O) groups excluding carboxylic acids is 1. The van der Waals surface area contributed by atoms with E-state index in [2.05, 4.69) is 4.72 Å². The minimum absolute atomic E-state index is 0.0649. The lowest BCUT2D eigenvalue weighted by Crippen LogP contribution is -2.32. The molecule has 0 aliphatic heterocycles. The number of sulfonamides is 1. The third kappa shape index (κ3) is 5.00. The van der Waals surface area contributed by atoms with E-state index in [1.54, 1.807) is 19.1 Å². The minimum Gasteiger partial charge on any atom is -0.458 e. The molecule has 106 valence electrons. The molecule has 5 nitrogen and oxygen atoms in total. The monoisotopic (exact) mass is 285 g/mol. The summed E-state index contributed by atoms with van der Waals surface area (Å²) in [5, 5.41) is 0. The third-order valence-electron chi connectivity index (χ3n) is 2.77. The van der Waals surface area contributed by atoms with Crippen molar-refractivity contribution in [2.24, 2.45) is 0 Å². The van der Waals surface area contributed by atoms with Crippen LogP contribution in [0.3, 0.4) is 0 Å². The largest absolute Gasteiger partial charge is 0.458 e. The zero-order chi connectivity index (χ0) is 14.6. The van der Waals surface area contributed by atoms with Gasteiger partial charge in [0.25, 0.3) is 0 Å². The van der Waals surface area contributed by atoms with Crippen LogP contribution in [0.25, 0.3) is 0 Å². The van der Waals surface area contributed by atoms with Gasteiger partial charge in [-0.1, -0.05) is 12.1 Å². The summed E-state index contributed by atoms with van der Waals surface area (Å²) in [6, 6.07) is 5.40. The van der Waals surface area contributed by atoms with Crippen LogP contribution in [0, 0.1) is 13.8 Å². The molecule has 1 atom stereocenters. The predicted molar refractivity (Wildman–Crippen MR) is 73.6 cm³/mol. The quantitative estimate of drug-likeness (QED) is 0.830. The fourth-order valence-corrected chi connectivity index (χ4v) is 2.07. The van der Waals surface area contributed by atoms with E-state index in [1.807, 2.05) is 19.9 Å². The SMILES string of the molecule is Cc1cccc(C(=O)OC(C)CNS(C)(=O)=O)c1C. The highest BCUT2D eigenvalue weighted by Crippen LogP contribution is 2.14. The summed E-state index contributed by atoms with van der Waals surface area (Å²) in [4.78, 5) is 12.0. The molecule has 0 spiro atoms. The van der Waals surface area contributed by atoms with Crippen LogP contribution < -0.4 is 4.72 Å². The summed E-state index contributed by atoms with van der Waals surface area (Å²) in [6.45, 7) is 5.47. The smallest absolute Gasteiger partial charge is 0.338 e. The summed E-state index contributed by atoms with van der Waals surface area (Å²) >= 11 is 0. The van der Waals surface area contributed by atoms with Crippen LogP contribution >= 0.6 is 0 Å². The van der Waals surface area contributed by atoms with Crippen molar-refractivity contribution < 1.29 is 17.9 Å². The average molecular weight is 285 g/mol. The first kappa shape index (κ1) is 15.7. The van der Waals surface area contributed by atoms with Gasteiger partial charge in [-0.05, 0) is 38.0 Å². The van der Waals surface area contributed by atoms with Crippen LogP contribution in [0.2, 0.25) is 0 Å². The van der Waals surface area contributed by atoms with Gasteiger partial charge in [-0.15, -0.1) is 0 Å². The zero-order valence-electron chi connectivity index (χ0n) is 11.6. The van der Waals surface area contributed by atoms with Crippen molar-refractivity contribution in [2.45, 2.75) is 26.9 Å². The number of benzene rings is 1. The number of aryl methyl sites for hydroxylation is 1. The van der Waals surface area contributed by atoms with E-state index in [0.29, 0.717) is 5.56 Å². The van der Waals surface area contributed by atoms with E-state index in [0.717, 1.165) is 17.4 Å². The average Bonchev–Trinajstić information content (AvgIpc) is 2.29. The third-order valence-corrected chi connectivity index (χ3v) is 3.46. The lowest BCUT2D eigenvalue weighted by Gasteiger charge is -2.15. The molecule has 19 heavy (non-hydrogen) atoms. The van der Waals surface area contributed by atoms with E-state index < -0.39 is 22.1 Å². The van der Waals surface area contributed by atoms with Crippen molar-refractivity contribution in [2.75, 3.05) is 12.8 Å². The maximum absolute atomic E-state index is 12.0. The molecule has 0 aromatic heterocycles. The highest BCUT2D eigenvalue weighted by atomic mass is 32.2. The molecule has 0 aliphatic carbocycles. The highest BCUT2D eigenvalue weighted by Gasteiger charge is 2.15. The summed E-state index contributed by atoms with van der Waals surface area (Å²) in [5.74, 6) is -0.441. The van der Waals surface area contributed by atoms with Gasteiger partial charge in [0.15, 0.2) is 0 Å². The maximum atomic E-state index is 12.0. The van der Waals surface area contributed by atoms with Crippen molar-refractivity contribution in [3.63, 3.8) is 0 Å². The predicted octanol–water partition coefficient (Wildman–Crippen LogP) is 1.40. The second-order valence-corrected chi connectivity index (χ2v) is 6.42. The van der Waals surface area contributed by atoms with Crippen molar-refractivity contribution in [3.05, 3.63) is 34.9 Å². The molecule has 1 aromatic carbocycles. The molecule has 6 heteroatoms. The number of hydrogen-bond acceptors (Lipinski definition) is 4. The van der Waals surface area contributed by atoms with Gasteiger partial charge in [0.2, 0.25) is 10.0 Å².